The fourth-order valence-electron chi connectivity index (χ4n) is 7.06. The van der Waals surface area contributed by atoms with Gasteiger partial charge in [0.1, 0.15) is 12.1 Å². The van der Waals surface area contributed by atoms with E-state index in [-0.39, 0.29) is 103 Å². The number of rotatable bonds is 33. The quantitative estimate of drug-likeness (QED) is 0.0318. The van der Waals surface area contributed by atoms with Crippen LogP contribution in [0.5, 0.6) is 0 Å². The number of carbonyl (C=O) groups excluding carboxylic acids is 9. The Kier molecular flexibility index (Phi) is 25.9. The van der Waals surface area contributed by atoms with Gasteiger partial charge in [-0.05, 0) is 75.5 Å². The van der Waals surface area contributed by atoms with Gasteiger partial charge in [0.25, 0.3) is 17.7 Å². The summed E-state index contributed by atoms with van der Waals surface area (Å²) >= 11 is 0. The molecule has 0 spiro atoms. The number of carbonyl (C=O) groups is 11. The summed E-state index contributed by atoms with van der Waals surface area (Å²) in [6.07, 6.45) is 2.39. The monoisotopic (exact) mass is 975 g/mol. The molecule has 0 aromatic heterocycles. The number of ether oxygens (including phenoxy) is 3. The zero-order valence-corrected chi connectivity index (χ0v) is 38.8. The number of hydroxylamine groups is 2. The summed E-state index contributed by atoms with van der Waals surface area (Å²) in [7, 11) is 0. The molecule has 0 bridgehead atoms. The van der Waals surface area contributed by atoms with Crippen molar-refractivity contribution < 1.29 is 82.0 Å². The maximum atomic E-state index is 12.9. The first-order valence-electron chi connectivity index (χ1n) is 23.1. The van der Waals surface area contributed by atoms with E-state index in [1.165, 1.54) is 0 Å². The molecule has 1 aromatic rings. The molecule has 2 aliphatic rings. The Morgan fingerprint density at radius 1 is 0.667 bits per heavy atom. The van der Waals surface area contributed by atoms with Gasteiger partial charge in [0.15, 0.2) is 0 Å². The highest BCUT2D eigenvalue weighted by Crippen LogP contribution is 2.30. The lowest BCUT2D eigenvalue weighted by atomic mass is 9.81. The summed E-state index contributed by atoms with van der Waals surface area (Å²) < 4.78 is 16.3. The SMILES string of the molecule is CCc1cccc(C(=O)NCCCCC(NC(=O)CNC(=O)C(CCC(=O)O)NC(=O)CNC(=O)CCOCCOCCOCCNC(=O)C2CCC(C(=O)ON3C(=O)CCC3=O)CC2)C(=O)O)c1. The van der Waals surface area contributed by atoms with Crippen molar-refractivity contribution in [2.75, 3.05) is 65.8 Å². The minimum atomic E-state index is -1.39. The molecule has 1 saturated carbocycles. The van der Waals surface area contributed by atoms with Gasteiger partial charge in [-0.2, -0.15) is 0 Å². The number of carboxylic acids is 2. The maximum Gasteiger partial charge on any atom is 0.336 e. The molecule has 382 valence electrons. The second-order valence-corrected chi connectivity index (χ2v) is 16.2. The number of carboxylic acid groups (broad SMARTS) is 2. The number of imide groups is 1. The molecule has 24 nitrogen and oxygen atoms in total. The smallest absolute Gasteiger partial charge is 0.336 e. The summed E-state index contributed by atoms with van der Waals surface area (Å²) in [6.45, 7) is 2.40. The minimum Gasteiger partial charge on any atom is -0.481 e. The number of aliphatic carboxylic acids is 2. The third-order valence-corrected chi connectivity index (χ3v) is 11.0. The Morgan fingerprint density at radius 2 is 1.28 bits per heavy atom. The van der Waals surface area contributed by atoms with Gasteiger partial charge < -0.3 is 61.2 Å². The highest BCUT2D eigenvalue weighted by Gasteiger charge is 2.37. The molecular weight excluding hydrogens is 911 g/mol. The normalized spacial score (nSPS) is 16.4. The van der Waals surface area contributed by atoms with E-state index in [0.717, 1.165) is 12.0 Å². The van der Waals surface area contributed by atoms with Crippen molar-refractivity contribution >= 4 is 65.2 Å². The van der Waals surface area contributed by atoms with E-state index in [0.29, 0.717) is 49.2 Å². The van der Waals surface area contributed by atoms with Crippen LogP contribution in [0.25, 0.3) is 0 Å². The van der Waals surface area contributed by atoms with Crippen LogP contribution in [0.1, 0.15) is 99.9 Å². The summed E-state index contributed by atoms with van der Waals surface area (Å²) in [5.41, 5.74) is 1.53. The van der Waals surface area contributed by atoms with Crippen molar-refractivity contribution in [3.05, 3.63) is 35.4 Å². The molecule has 24 heteroatoms. The number of aryl methyl sites for hydroxylation is 1. The van der Waals surface area contributed by atoms with Crippen LogP contribution < -0.4 is 31.9 Å². The zero-order chi connectivity index (χ0) is 50.6. The van der Waals surface area contributed by atoms with Crippen molar-refractivity contribution in [2.45, 2.75) is 102 Å². The van der Waals surface area contributed by atoms with Crippen LogP contribution >= 0.6 is 0 Å². The van der Waals surface area contributed by atoms with Crippen molar-refractivity contribution in [2.24, 2.45) is 11.8 Å². The van der Waals surface area contributed by atoms with E-state index in [2.05, 4.69) is 31.9 Å². The number of nitrogens with one attached hydrogen (secondary N) is 6. The van der Waals surface area contributed by atoms with Gasteiger partial charge in [0.05, 0.1) is 58.6 Å². The fraction of sp³-hybridized carbons (Fsp3) is 0.622. The summed E-state index contributed by atoms with van der Waals surface area (Å²) in [6, 6.07) is 4.51. The minimum absolute atomic E-state index is 0.000605. The van der Waals surface area contributed by atoms with Crippen molar-refractivity contribution in [3.63, 3.8) is 0 Å². The average Bonchev–Trinajstić information content (AvgIpc) is 3.65. The maximum absolute atomic E-state index is 12.9. The van der Waals surface area contributed by atoms with Gasteiger partial charge in [0.2, 0.25) is 29.5 Å². The predicted octanol–water partition coefficient (Wildman–Crippen LogP) is -0.730. The van der Waals surface area contributed by atoms with E-state index < -0.39 is 90.9 Å². The Hall–Kier alpha value is -6.53. The fourth-order valence-corrected chi connectivity index (χ4v) is 7.06. The standard InChI is InChI=1S/C45H65N7O17/c1-2-29-6-5-7-32(26-29)42(61)46-18-4-3-8-34(44(63)64)51-37(55)28-49-43(62)33(13-16-40(58)59)50-36(54)27-48-35(53)17-20-66-22-24-68-25-23-67-21-19-47-41(60)30-9-11-31(12-10-30)45(65)69-52-38(56)14-15-39(52)57/h5-7,26,30-31,33-34H,2-4,8-25,27-28H2,1H3,(H,46,61)(H,47,60)(H,48,53)(H,49,62)(H,50,54)(H,51,55)(H,58,59)(H,63,64). The highest BCUT2D eigenvalue weighted by atomic mass is 16.7. The first-order valence-corrected chi connectivity index (χ1v) is 23.1. The zero-order valence-electron chi connectivity index (χ0n) is 38.8. The third-order valence-electron chi connectivity index (χ3n) is 11.0. The Bertz CT molecular complexity index is 1920. The molecule has 1 aliphatic heterocycles. The second-order valence-electron chi connectivity index (χ2n) is 16.2. The lowest BCUT2D eigenvalue weighted by molar-refractivity contribution is -0.201. The molecule has 0 radical (unpaired) electrons. The molecule has 1 saturated heterocycles. The summed E-state index contributed by atoms with van der Waals surface area (Å²) in [4.78, 5) is 139. The van der Waals surface area contributed by atoms with E-state index in [9.17, 15) is 57.8 Å². The molecular formula is C45H65N7O17. The molecule has 1 aliphatic carbocycles. The van der Waals surface area contributed by atoms with Gasteiger partial charge in [-0.3, -0.25) is 43.2 Å². The molecule has 8 amide bonds. The van der Waals surface area contributed by atoms with Crippen molar-refractivity contribution in [1.82, 2.24) is 37.0 Å². The predicted molar refractivity (Wildman–Crippen MR) is 239 cm³/mol. The lowest BCUT2D eigenvalue weighted by Gasteiger charge is -2.27. The van der Waals surface area contributed by atoms with Gasteiger partial charge in [-0.25, -0.2) is 9.59 Å². The summed E-state index contributed by atoms with van der Waals surface area (Å²) in [5, 5.41) is 34.1. The molecule has 3 rings (SSSR count). The third kappa shape index (κ3) is 22.4. The van der Waals surface area contributed by atoms with Crippen LogP contribution in [0.4, 0.5) is 0 Å². The molecule has 1 heterocycles. The molecule has 8 N–H and O–H groups in total. The molecule has 1 aromatic carbocycles. The Balaban J connectivity index is 1.19. The van der Waals surface area contributed by atoms with Gasteiger partial charge in [-0.15, -0.1) is 5.06 Å². The van der Waals surface area contributed by atoms with Gasteiger partial charge in [0, 0.05) is 50.3 Å². The Morgan fingerprint density at radius 3 is 1.91 bits per heavy atom. The van der Waals surface area contributed by atoms with E-state index in [4.69, 9.17) is 24.2 Å². The number of hydrogen-bond donors (Lipinski definition) is 8. The van der Waals surface area contributed by atoms with Crippen LogP contribution in [0, 0.1) is 11.8 Å². The average molecular weight is 976 g/mol. The van der Waals surface area contributed by atoms with Crippen LogP contribution in [0.15, 0.2) is 24.3 Å². The Labute approximate surface area is 398 Å². The van der Waals surface area contributed by atoms with E-state index in [1.807, 2.05) is 13.0 Å². The van der Waals surface area contributed by atoms with E-state index in [1.54, 1.807) is 18.2 Å². The van der Waals surface area contributed by atoms with Crippen molar-refractivity contribution in [3.8, 4) is 0 Å². The number of benzene rings is 1. The summed E-state index contributed by atoms with van der Waals surface area (Å²) in [5.74, 6) is -8.57. The first-order chi connectivity index (χ1) is 33.1. The van der Waals surface area contributed by atoms with Crippen LogP contribution in [-0.2, 0) is 73.4 Å². The van der Waals surface area contributed by atoms with E-state index >= 15 is 0 Å². The largest absolute Gasteiger partial charge is 0.481 e. The molecule has 2 atom stereocenters. The van der Waals surface area contributed by atoms with Gasteiger partial charge >= 0.3 is 17.9 Å². The van der Waals surface area contributed by atoms with Crippen molar-refractivity contribution in [1.29, 1.82) is 0 Å². The molecule has 69 heavy (non-hydrogen) atoms. The lowest BCUT2D eigenvalue weighted by Crippen LogP contribution is -2.52. The number of nitrogens with zero attached hydrogens (tertiary/aromatic N) is 1. The molecule has 2 unspecified atom stereocenters. The van der Waals surface area contributed by atoms with Crippen LogP contribution in [-0.4, -0.2) is 158 Å². The highest BCUT2D eigenvalue weighted by molar-refractivity contribution is 6.01. The number of amides is 8. The first kappa shape index (κ1) is 56.8. The number of unbranched alkanes of at least 4 members (excludes halogenated alkanes) is 1. The van der Waals surface area contributed by atoms with Crippen LogP contribution in [0.2, 0.25) is 0 Å². The molecule has 2 fully saturated rings. The second kappa shape index (κ2) is 31.5. The van der Waals surface area contributed by atoms with Crippen LogP contribution in [0.3, 0.4) is 0 Å². The van der Waals surface area contributed by atoms with Gasteiger partial charge in [-0.1, -0.05) is 19.1 Å². The topological polar surface area (TPSA) is 341 Å². The number of hydrogen-bond acceptors (Lipinski definition) is 15.